The Bertz CT molecular complexity index is 1420. The third-order valence-electron chi connectivity index (χ3n) is 6.94. The van der Waals surface area contributed by atoms with Crippen molar-refractivity contribution in [3.63, 3.8) is 0 Å². The van der Waals surface area contributed by atoms with Gasteiger partial charge in [0, 0.05) is 18.5 Å². The van der Waals surface area contributed by atoms with Crippen molar-refractivity contribution in [3.05, 3.63) is 70.5 Å². The van der Waals surface area contributed by atoms with Crippen molar-refractivity contribution >= 4 is 34.1 Å². The summed E-state index contributed by atoms with van der Waals surface area (Å²) in [4.78, 5) is 34.1. The van der Waals surface area contributed by atoms with E-state index in [4.69, 9.17) is 0 Å². The van der Waals surface area contributed by atoms with Gasteiger partial charge in [-0.05, 0) is 43.7 Å². The van der Waals surface area contributed by atoms with E-state index in [0.29, 0.717) is 29.8 Å². The van der Waals surface area contributed by atoms with Crippen LogP contribution in [0.1, 0.15) is 38.0 Å². The molecule has 1 aliphatic heterocycles. The van der Waals surface area contributed by atoms with Crippen LogP contribution in [0.2, 0.25) is 0 Å². The number of thiazole rings is 1. The standard InChI is InChI=1S/C26H25N5O2S/c1-14-6-5-7-16(10-14)24-23(28-15(2)34-24)26(33)31-13-17-11-19(17)21(31)12-27-25(32)22-18-8-3-4-9-20(18)29-30-22/h3-10,17,19,21H,11-13H2,1-2H3,(H,27,32)(H,29,30)/t17-,19-,21-/m1/s1. The first-order valence-corrected chi connectivity index (χ1v) is 12.4. The monoisotopic (exact) mass is 471 g/mol. The highest BCUT2D eigenvalue weighted by Gasteiger charge is 2.54. The molecule has 2 aromatic carbocycles. The van der Waals surface area contributed by atoms with Crippen LogP contribution in [0.5, 0.6) is 0 Å². The third-order valence-corrected chi connectivity index (χ3v) is 7.96. The lowest BCUT2D eigenvalue weighted by atomic mass is 10.1. The maximum atomic E-state index is 13.7. The van der Waals surface area contributed by atoms with Crippen LogP contribution in [0, 0.1) is 25.7 Å². The van der Waals surface area contributed by atoms with E-state index < -0.39 is 0 Å². The Kier molecular flexibility index (Phi) is 4.99. The molecule has 1 saturated heterocycles. The molecule has 2 aromatic heterocycles. The van der Waals surface area contributed by atoms with Crippen LogP contribution in [0.4, 0.5) is 0 Å². The zero-order chi connectivity index (χ0) is 23.4. The number of para-hydroxylation sites is 1. The molecule has 1 aliphatic carbocycles. The first kappa shape index (κ1) is 21.0. The van der Waals surface area contributed by atoms with Crippen molar-refractivity contribution in [2.24, 2.45) is 11.8 Å². The lowest BCUT2D eigenvalue weighted by molar-refractivity contribution is 0.0690. The Labute approximate surface area is 201 Å². The minimum absolute atomic E-state index is 0.0287. The molecular weight excluding hydrogens is 446 g/mol. The van der Waals surface area contributed by atoms with E-state index in [0.717, 1.165) is 44.9 Å². The van der Waals surface area contributed by atoms with E-state index in [1.807, 2.05) is 61.2 Å². The number of aromatic amines is 1. The topological polar surface area (TPSA) is 91.0 Å². The predicted octanol–water partition coefficient (Wildman–Crippen LogP) is 4.19. The summed E-state index contributed by atoms with van der Waals surface area (Å²) in [6.07, 6.45) is 1.11. The summed E-state index contributed by atoms with van der Waals surface area (Å²) in [5.41, 5.74) is 3.90. The number of carbonyl (C=O) groups is 2. The second kappa shape index (κ2) is 8.06. The largest absolute Gasteiger partial charge is 0.349 e. The highest BCUT2D eigenvalue weighted by atomic mass is 32.1. The molecule has 4 aromatic rings. The minimum atomic E-state index is -0.223. The van der Waals surface area contributed by atoms with Crippen molar-refractivity contribution in [2.75, 3.05) is 13.1 Å². The van der Waals surface area contributed by atoms with Crippen molar-refractivity contribution in [1.29, 1.82) is 0 Å². The number of amides is 2. The fraction of sp³-hybridized carbons (Fsp3) is 0.308. The van der Waals surface area contributed by atoms with Gasteiger partial charge in [-0.2, -0.15) is 5.10 Å². The van der Waals surface area contributed by atoms with Gasteiger partial charge >= 0.3 is 0 Å². The molecule has 34 heavy (non-hydrogen) atoms. The summed E-state index contributed by atoms with van der Waals surface area (Å²) in [6.45, 7) is 5.12. The molecule has 2 amide bonds. The maximum absolute atomic E-state index is 13.7. The van der Waals surface area contributed by atoms with Gasteiger partial charge < -0.3 is 10.2 Å². The summed E-state index contributed by atoms with van der Waals surface area (Å²) in [5, 5.41) is 11.8. The zero-order valence-electron chi connectivity index (χ0n) is 19.0. The number of H-pyrrole nitrogens is 1. The lowest BCUT2D eigenvalue weighted by Crippen LogP contribution is -2.45. The van der Waals surface area contributed by atoms with Crippen LogP contribution in [-0.2, 0) is 0 Å². The SMILES string of the molecule is Cc1cccc(-c2sc(C)nc2C(=O)N2C[C@H]3C[C@H]3[C@H]2CNC(=O)c2n[nH]c3ccccc23)c1. The van der Waals surface area contributed by atoms with Gasteiger partial charge in [0.2, 0.25) is 0 Å². The molecule has 2 N–H and O–H groups in total. The van der Waals surface area contributed by atoms with Gasteiger partial charge in [0.25, 0.3) is 11.8 Å². The third kappa shape index (κ3) is 3.58. The second-order valence-corrected chi connectivity index (χ2v) is 10.5. The summed E-state index contributed by atoms with van der Waals surface area (Å²) in [5.74, 6) is 0.679. The Morgan fingerprint density at radius 2 is 2.00 bits per heavy atom. The Hall–Kier alpha value is -3.52. The molecule has 3 atom stereocenters. The maximum Gasteiger partial charge on any atom is 0.274 e. The van der Waals surface area contributed by atoms with E-state index in [1.54, 1.807) is 11.3 Å². The van der Waals surface area contributed by atoms with E-state index in [1.165, 1.54) is 0 Å². The fourth-order valence-corrected chi connectivity index (χ4v) is 6.08. The van der Waals surface area contributed by atoms with Crippen molar-refractivity contribution in [1.82, 2.24) is 25.4 Å². The average molecular weight is 472 g/mol. The van der Waals surface area contributed by atoms with Crippen molar-refractivity contribution < 1.29 is 9.59 Å². The first-order valence-electron chi connectivity index (χ1n) is 11.6. The number of fused-ring (bicyclic) bond motifs is 2. The number of likely N-dealkylation sites (tertiary alicyclic amines) is 1. The number of nitrogens with zero attached hydrogens (tertiary/aromatic N) is 3. The number of hydrogen-bond acceptors (Lipinski definition) is 5. The molecule has 3 heterocycles. The summed E-state index contributed by atoms with van der Waals surface area (Å²) < 4.78 is 0. The zero-order valence-corrected chi connectivity index (χ0v) is 19.9. The molecule has 7 nitrogen and oxygen atoms in total. The molecule has 2 fully saturated rings. The normalized spacial score (nSPS) is 21.0. The Morgan fingerprint density at radius 3 is 2.85 bits per heavy atom. The van der Waals surface area contributed by atoms with Crippen LogP contribution in [0.3, 0.4) is 0 Å². The number of piperidine rings is 1. The summed E-state index contributed by atoms with van der Waals surface area (Å²) in [7, 11) is 0. The second-order valence-electron chi connectivity index (χ2n) is 9.29. The molecule has 0 unspecified atom stereocenters. The van der Waals surface area contributed by atoms with E-state index in [9.17, 15) is 9.59 Å². The molecule has 6 rings (SSSR count). The number of nitrogens with one attached hydrogen (secondary N) is 2. The molecule has 172 valence electrons. The number of benzene rings is 2. The predicted molar refractivity (Wildman–Crippen MR) is 132 cm³/mol. The Morgan fingerprint density at radius 1 is 1.15 bits per heavy atom. The first-order chi connectivity index (χ1) is 16.5. The van der Waals surface area contributed by atoms with E-state index in [-0.39, 0.29) is 17.9 Å². The number of aryl methyl sites for hydroxylation is 2. The number of aromatic nitrogens is 3. The molecule has 8 heteroatoms. The van der Waals surface area contributed by atoms with Gasteiger partial charge in [0.1, 0.15) is 5.69 Å². The molecule has 2 aliphatic rings. The van der Waals surface area contributed by atoms with Gasteiger partial charge in [-0.1, -0.05) is 48.0 Å². The highest BCUT2D eigenvalue weighted by molar-refractivity contribution is 7.15. The molecular formula is C26H25N5O2S. The quantitative estimate of drug-likeness (QED) is 0.457. The molecule has 0 bridgehead atoms. The minimum Gasteiger partial charge on any atom is -0.349 e. The van der Waals surface area contributed by atoms with Gasteiger partial charge in [-0.25, -0.2) is 4.98 Å². The Balaban J connectivity index is 1.23. The van der Waals surface area contributed by atoms with Crippen molar-refractivity contribution in [3.8, 4) is 10.4 Å². The van der Waals surface area contributed by atoms with E-state index >= 15 is 0 Å². The number of carbonyl (C=O) groups excluding carboxylic acids is 2. The highest BCUT2D eigenvalue weighted by Crippen LogP contribution is 2.50. The lowest BCUT2D eigenvalue weighted by Gasteiger charge is -2.27. The number of hydrogen-bond donors (Lipinski definition) is 2. The van der Waals surface area contributed by atoms with Crippen LogP contribution >= 0.6 is 11.3 Å². The fourth-order valence-electron chi connectivity index (χ4n) is 5.17. The molecule has 0 radical (unpaired) electrons. The molecule has 1 saturated carbocycles. The van der Waals surface area contributed by atoms with E-state index in [2.05, 4.69) is 26.6 Å². The van der Waals surface area contributed by atoms with Gasteiger partial charge in [0.15, 0.2) is 5.69 Å². The van der Waals surface area contributed by atoms with Gasteiger partial charge in [-0.3, -0.25) is 14.7 Å². The van der Waals surface area contributed by atoms with Crippen molar-refractivity contribution in [2.45, 2.75) is 26.3 Å². The summed E-state index contributed by atoms with van der Waals surface area (Å²) >= 11 is 1.55. The van der Waals surface area contributed by atoms with Gasteiger partial charge in [0.05, 0.1) is 21.4 Å². The van der Waals surface area contributed by atoms with Crippen LogP contribution in [-0.4, -0.2) is 51.0 Å². The smallest absolute Gasteiger partial charge is 0.274 e. The average Bonchev–Trinajstić information content (AvgIpc) is 3.17. The van der Waals surface area contributed by atoms with Crippen LogP contribution in [0.25, 0.3) is 21.3 Å². The van der Waals surface area contributed by atoms with Crippen LogP contribution in [0.15, 0.2) is 48.5 Å². The summed E-state index contributed by atoms with van der Waals surface area (Å²) in [6, 6.07) is 15.7. The number of rotatable bonds is 5. The van der Waals surface area contributed by atoms with Crippen LogP contribution < -0.4 is 5.32 Å². The molecule has 0 spiro atoms. The van der Waals surface area contributed by atoms with Gasteiger partial charge in [-0.15, -0.1) is 11.3 Å².